The van der Waals surface area contributed by atoms with Gasteiger partial charge in [0.05, 0.1) is 17.8 Å². The molecule has 0 aliphatic carbocycles. The van der Waals surface area contributed by atoms with E-state index in [1.54, 1.807) is 17.0 Å². The van der Waals surface area contributed by atoms with Crippen LogP contribution in [0.2, 0.25) is 5.02 Å². The van der Waals surface area contributed by atoms with Gasteiger partial charge in [-0.25, -0.2) is 4.98 Å². The van der Waals surface area contributed by atoms with Crippen LogP contribution < -0.4 is 14.7 Å². The zero-order chi connectivity index (χ0) is 26.2. The van der Waals surface area contributed by atoms with Crippen molar-refractivity contribution < 1.29 is 17.9 Å². The average Bonchev–Trinajstić information content (AvgIpc) is 2.87. The lowest BCUT2D eigenvalue weighted by molar-refractivity contribution is -0.137. The highest BCUT2D eigenvalue weighted by Gasteiger charge is 2.36. The van der Waals surface area contributed by atoms with Gasteiger partial charge >= 0.3 is 6.18 Å². The molecule has 37 heavy (non-hydrogen) atoms. The second-order valence-corrected chi connectivity index (χ2v) is 9.71. The average molecular weight is 534 g/mol. The first-order chi connectivity index (χ1) is 17.7. The summed E-state index contributed by atoms with van der Waals surface area (Å²) in [6.45, 7) is 6.85. The van der Waals surface area contributed by atoms with Crippen molar-refractivity contribution in [2.45, 2.75) is 32.2 Å². The number of anilines is 3. The molecule has 2 aliphatic heterocycles. The van der Waals surface area contributed by atoms with Gasteiger partial charge < -0.3 is 19.4 Å². The third kappa shape index (κ3) is 5.72. The van der Waals surface area contributed by atoms with E-state index < -0.39 is 11.7 Å². The highest BCUT2D eigenvalue weighted by molar-refractivity contribution is 6.30. The summed E-state index contributed by atoms with van der Waals surface area (Å²) < 4.78 is 46.5. The summed E-state index contributed by atoms with van der Waals surface area (Å²) in [5, 5.41) is 0.569. The predicted octanol–water partition coefficient (Wildman–Crippen LogP) is 4.55. The van der Waals surface area contributed by atoms with Crippen LogP contribution in [0.3, 0.4) is 0 Å². The Morgan fingerprint density at radius 3 is 2.16 bits per heavy atom. The predicted molar refractivity (Wildman–Crippen MR) is 136 cm³/mol. The largest absolute Gasteiger partial charge is 0.419 e. The smallest absolute Gasteiger partial charge is 0.372 e. The summed E-state index contributed by atoms with van der Waals surface area (Å²) >= 11 is 6.23. The minimum Gasteiger partial charge on any atom is -0.372 e. The van der Waals surface area contributed by atoms with E-state index in [4.69, 9.17) is 31.3 Å². The molecule has 0 saturated carbocycles. The van der Waals surface area contributed by atoms with Crippen molar-refractivity contribution in [1.82, 2.24) is 19.9 Å². The van der Waals surface area contributed by atoms with Gasteiger partial charge in [0.15, 0.2) is 5.82 Å². The fourth-order valence-corrected chi connectivity index (χ4v) is 4.91. The molecular weight excluding hydrogens is 507 g/mol. The van der Waals surface area contributed by atoms with Crippen molar-refractivity contribution in [2.75, 3.05) is 54.0 Å². The molecule has 5 rings (SSSR count). The van der Waals surface area contributed by atoms with Crippen LogP contribution in [0.1, 0.15) is 19.4 Å². The van der Waals surface area contributed by atoms with Crippen LogP contribution >= 0.6 is 11.6 Å². The van der Waals surface area contributed by atoms with Gasteiger partial charge in [-0.2, -0.15) is 28.1 Å². The summed E-state index contributed by atoms with van der Waals surface area (Å²) in [5.41, 5.74) is 0.0263. The molecule has 2 saturated heterocycles. The third-order valence-electron chi connectivity index (χ3n) is 6.35. The van der Waals surface area contributed by atoms with Gasteiger partial charge in [0.25, 0.3) is 0 Å². The van der Waals surface area contributed by atoms with Gasteiger partial charge in [0.1, 0.15) is 5.82 Å². The summed E-state index contributed by atoms with van der Waals surface area (Å²) in [6, 6.07) is 9.67. The number of halogens is 4. The highest BCUT2D eigenvalue weighted by Crippen LogP contribution is 2.35. The van der Waals surface area contributed by atoms with E-state index in [-0.39, 0.29) is 18.0 Å². The van der Waals surface area contributed by atoms with Crippen molar-refractivity contribution in [3.05, 3.63) is 53.2 Å². The van der Waals surface area contributed by atoms with E-state index in [0.29, 0.717) is 62.0 Å². The Morgan fingerprint density at radius 2 is 1.51 bits per heavy atom. The van der Waals surface area contributed by atoms with E-state index in [9.17, 15) is 13.2 Å². The molecule has 0 N–H and O–H groups in total. The van der Waals surface area contributed by atoms with Crippen molar-refractivity contribution in [3.63, 3.8) is 0 Å². The maximum absolute atomic E-state index is 13.5. The molecule has 1 aromatic carbocycles. The molecule has 0 radical (unpaired) electrons. The molecule has 0 bridgehead atoms. The molecule has 12 heteroatoms. The standard InChI is InChI=1S/C25H27ClF3N7O/c1-16-14-36(15-17(2)37-16)24-32-21(18-5-3-6-19(26)13-18)31-23(33-24)35-11-9-34(10-12-35)22-20(25(27,28)29)7-4-8-30-22/h3-8,13,16-17H,9-12,14-15H2,1-2H3. The van der Waals surface area contributed by atoms with Crippen molar-refractivity contribution >= 4 is 29.3 Å². The Labute approximate surface area is 218 Å². The lowest BCUT2D eigenvalue weighted by atomic mass is 10.2. The molecule has 2 atom stereocenters. The van der Waals surface area contributed by atoms with Crippen LogP contribution in [-0.4, -0.2) is 71.4 Å². The van der Waals surface area contributed by atoms with Gasteiger partial charge in [-0.05, 0) is 38.1 Å². The lowest BCUT2D eigenvalue weighted by Crippen LogP contribution is -2.48. The monoisotopic (exact) mass is 533 g/mol. The number of hydrogen-bond acceptors (Lipinski definition) is 8. The molecule has 4 heterocycles. The second-order valence-electron chi connectivity index (χ2n) is 9.28. The van der Waals surface area contributed by atoms with Crippen molar-refractivity contribution in [1.29, 1.82) is 0 Å². The summed E-state index contributed by atoms with van der Waals surface area (Å²) in [5.74, 6) is 1.44. The van der Waals surface area contributed by atoms with Crippen LogP contribution in [0.4, 0.5) is 30.9 Å². The topological polar surface area (TPSA) is 70.5 Å². The minimum absolute atomic E-state index is 0.0170. The van der Waals surface area contributed by atoms with Crippen LogP contribution in [0.15, 0.2) is 42.6 Å². The molecule has 2 unspecified atom stereocenters. The number of nitrogens with zero attached hydrogens (tertiary/aromatic N) is 7. The maximum Gasteiger partial charge on any atom is 0.419 e. The summed E-state index contributed by atoms with van der Waals surface area (Å²) in [6.07, 6.45) is -3.05. The highest BCUT2D eigenvalue weighted by atomic mass is 35.5. The number of hydrogen-bond donors (Lipinski definition) is 0. The maximum atomic E-state index is 13.5. The fraction of sp³-hybridized carbons (Fsp3) is 0.440. The van der Waals surface area contributed by atoms with Crippen molar-refractivity contribution in [3.8, 4) is 11.4 Å². The molecule has 2 aliphatic rings. The Morgan fingerprint density at radius 1 is 0.865 bits per heavy atom. The van der Waals surface area contributed by atoms with Crippen LogP contribution in [0, 0.1) is 0 Å². The molecule has 3 aromatic rings. The van der Waals surface area contributed by atoms with Crippen LogP contribution in [-0.2, 0) is 10.9 Å². The number of pyridine rings is 1. The Bertz CT molecular complexity index is 1240. The number of morpholine rings is 1. The van der Waals surface area contributed by atoms with E-state index >= 15 is 0 Å². The number of aromatic nitrogens is 4. The van der Waals surface area contributed by atoms with Gasteiger partial charge in [-0.15, -0.1) is 0 Å². The molecular formula is C25H27ClF3N7O. The Hall–Kier alpha value is -3.18. The van der Waals surface area contributed by atoms with E-state index in [2.05, 4.69) is 9.88 Å². The lowest BCUT2D eigenvalue weighted by Gasteiger charge is -2.37. The number of ether oxygens (including phenoxy) is 1. The number of alkyl halides is 3. The Kier molecular flexibility index (Phi) is 7.09. The number of rotatable bonds is 4. The van der Waals surface area contributed by atoms with Crippen LogP contribution in [0.5, 0.6) is 0 Å². The van der Waals surface area contributed by atoms with E-state index in [0.717, 1.165) is 11.6 Å². The normalized spacial score (nSPS) is 20.9. The van der Waals surface area contributed by atoms with Gasteiger partial charge in [0, 0.05) is 56.1 Å². The molecule has 0 spiro atoms. The number of benzene rings is 1. The Balaban J connectivity index is 1.43. The van der Waals surface area contributed by atoms with Gasteiger partial charge in [-0.3, -0.25) is 0 Å². The van der Waals surface area contributed by atoms with E-state index in [1.807, 2.05) is 30.9 Å². The van der Waals surface area contributed by atoms with Crippen LogP contribution in [0.25, 0.3) is 11.4 Å². The molecule has 2 aromatic heterocycles. The second kappa shape index (κ2) is 10.3. The first-order valence-corrected chi connectivity index (χ1v) is 12.5. The first kappa shape index (κ1) is 25.5. The van der Waals surface area contributed by atoms with E-state index in [1.165, 1.54) is 12.3 Å². The molecule has 196 valence electrons. The zero-order valence-electron chi connectivity index (χ0n) is 20.5. The SMILES string of the molecule is CC1CN(c2nc(-c3cccc(Cl)c3)nc(N3CCN(c4ncccc4C(F)(F)F)CC3)n2)CC(C)O1. The van der Waals surface area contributed by atoms with Gasteiger partial charge in [-0.1, -0.05) is 23.7 Å². The zero-order valence-corrected chi connectivity index (χ0v) is 21.2. The molecule has 2 fully saturated rings. The van der Waals surface area contributed by atoms with Gasteiger partial charge in [0.2, 0.25) is 11.9 Å². The number of piperazine rings is 1. The first-order valence-electron chi connectivity index (χ1n) is 12.1. The molecule has 0 amide bonds. The van der Waals surface area contributed by atoms with Crippen molar-refractivity contribution in [2.24, 2.45) is 0 Å². The minimum atomic E-state index is -4.47. The fourth-order valence-electron chi connectivity index (χ4n) is 4.72. The summed E-state index contributed by atoms with van der Waals surface area (Å²) in [7, 11) is 0. The molecule has 8 nitrogen and oxygen atoms in total. The quantitative estimate of drug-likeness (QED) is 0.484. The summed E-state index contributed by atoms with van der Waals surface area (Å²) in [4.78, 5) is 24.0. The third-order valence-corrected chi connectivity index (χ3v) is 6.59.